The molecule has 0 bridgehead atoms. The van der Waals surface area contributed by atoms with Crippen molar-refractivity contribution in [1.29, 1.82) is 0 Å². The van der Waals surface area contributed by atoms with Crippen molar-refractivity contribution in [1.82, 2.24) is 4.98 Å². The van der Waals surface area contributed by atoms with Crippen LogP contribution in [0, 0.1) is 0 Å². The topological polar surface area (TPSA) is 76.2 Å². The summed E-state index contributed by atoms with van der Waals surface area (Å²) in [6.45, 7) is 0.759. The van der Waals surface area contributed by atoms with Crippen LogP contribution in [0.2, 0.25) is 0 Å². The van der Waals surface area contributed by atoms with Gasteiger partial charge in [0.15, 0.2) is 5.60 Å². The number of nitrogens with zero attached hydrogens (tertiary/aromatic N) is 1. The molecule has 1 fully saturated rings. The molecule has 1 aliphatic rings. The number of hydrogen-bond donors (Lipinski definition) is 2. The van der Waals surface area contributed by atoms with Crippen molar-refractivity contribution in [2.24, 2.45) is 5.73 Å². The fraction of sp³-hybridized carbons (Fsp3) is 0.429. The number of carbonyl (C=O) groups is 1. The number of amides is 1. The number of halogens is 3. The zero-order valence-electron chi connectivity index (χ0n) is 15.6. The molecular weight excluding hydrogens is 369 g/mol. The number of alkyl halides is 3. The Hall–Kier alpha value is -2.41. The summed E-state index contributed by atoms with van der Waals surface area (Å²) in [6.07, 6.45) is 2.34. The predicted molar refractivity (Wildman–Crippen MR) is 99.6 cm³/mol. The first-order chi connectivity index (χ1) is 13.1. The van der Waals surface area contributed by atoms with Crippen LogP contribution in [-0.4, -0.2) is 22.2 Å². The van der Waals surface area contributed by atoms with E-state index in [0.29, 0.717) is 29.5 Å². The van der Waals surface area contributed by atoms with Crippen LogP contribution < -0.4 is 5.73 Å². The molecule has 0 radical (unpaired) electrons. The van der Waals surface area contributed by atoms with Crippen LogP contribution in [-0.2, 0) is 5.60 Å². The van der Waals surface area contributed by atoms with E-state index < -0.39 is 17.7 Å². The number of benzene rings is 1. The van der Waals surface area contributed by atoms with Gasteiger partial charge in [0.25, 0.3) is 0 Å². The van der Waals surface area contributed by atoms with E-state index in [2.05, 4.69) is 4.98 Å². The quantitative estimate of drug-likeness (QED) is 0.794. The molecule has 0 spiro atoms. The standard InChI is InChI=1S/C21H23F3N2O2/c1-20(28,21(22,23)24)16-8-7-15(19(25)27)17(14-9-11-26-12-10-14)18(16)13-5-3-2-4-6-13/h7-13,28H,2-6H2,1H3,(H2,25,27). The fourth-order valence-electron chi connectivity index (χ4n) is 4.05. The first-order valence-electron chi connectivity index (χ1n) is 9.31. The van der Waals surface area contributed by atoms with Crippen LogP contribution in [0.1, 0.15) is 66.4 Å². The number of pyridine rings is 1. The minimum Gasteiger partial charge on any atom is -0.376 e. The first-order valence-corrected chi connectivity index (χ1v) is 9.31. The Labute approximate surface area is 161 Å². The largest absolute Gasteiger partial charge is 0.421 e. The summed E-state index contributed by atoms with van der Waals surface area (Å²) >= 11 is 0. The van der Waals surface area contributed by atoms with E-state index >= 15 is 0 Å². The van der Waals surface area contributed by atoms with Crippen molar-refractivity contribution in [3.8, 4) is 11.1 Å². The first kappa shape index (κ1) is 20.3. The molecule has 1 heterocycles. The van der Waals surface area contributed by atoms with E-state index in [-0.39, 0.29) is 17.0 Å². The Morgan fingerprint density at radius 1 is 1.11 bits per heavy atom. The van der Waals surface area contributed by atoms with Crippen LogP contribution in [0.25, 0.3) is 11.1 Å². The minimum absolute atomic E-state index is 0.147. The number of nitrogens with two attached hydrogens (primary N) is 1. The van der Waals surface area contributed by atoms with Crippen molar-refractivity contribution in [3.05, 3.63) is 53.3 Å². The molecule has 1 aromatic heterocycles. The van der Waals surface area contributed by atoms with Crippen LogP contribution >= 0.6 is 0 Å². The number of carbonyl (C=O) groups excluding carboxylic acids is 1. The maximum absolute atomic E-state index is 13.7. The average Bonchev–Trinajstić information content (AvgIpc) is 2.67. The van der Waals surface area contributed by atoms with Crippen LogP contribution in [0.4, 0.5) is 13.2 Å². The normalized spacial score (nSPS) is 17.9. The van der Waals surface area contributed by atoms with Crippen molar-refractivity contribution in [3.63, 3.8) is 0 Å². The molecule has 3 N–H and O–H groups in total. The van der Waals surface area contributed by atoms with Crippen molar-refractivity contribution in [2.75, 3.05) is 0 Å². The Bertz CT molecular complexity index is 858. The number of aliphatic hydroxyl groups is 1. The summed E-state index contributed by atoms with van der Waals surface area (Å²) in [5.74, 6) is -0.915. The van der Waals surface area contributed by atoms with E-state index in [9.17, 15) is 23.1 Å². The summed E-state index contributed by atoms with van der Waals surface area (Å²) in [7, 11) is 0. The lowest BCUT2D eigenvalue weighted by molar-refractivity contribution is -0.259. The van der Waals surface area contributed by atoms with Gasteiger partial charge in [-0.2, -0.15) is 13.2 Å². The zero-order chi connectivity index (χ0) is 20.5. The van der Waals surface area contributed by atoms with E-state index in [1.54, 1.807) is 12.1 Å². The van der Waals surface area contributed by atoms with E-state index in [4.69, 9.17) is 5.73 Å². The smallest absolute Gasteiger partial charge is 0.376 e. The van der Waals surface area contributed by atoms with Gasteiger partial charge >= 0.3 is 6.18 Å². The Morgan fingerprint density at radius 2 is 1.71 bits per heavy atom. The van der Waals surface area contributed by atoms with Crippen LogP contribution in [0.3, 0.4) is 0 Å². The van der Waals surface area contributed by atoms with Crippen molar-refractivity contribution < 1.29 is 23.1 Å². The highest BCUT2D eigenvalue weighted by Crippen LogP contribution is 2.48. The molecule has 1 unspecified atom stereocenters. The second kappa shape index (κ2) is 7.54. The van der Waals surface area contributed by atoms with Crippen molar-refractivity contribution >= 4 is 5.91 Å². The second-order valence-corrected chi connectivity index (χ2v) is 7.45. The zero-order valence-corrected chi connectivity index (χ0v) is 15.6. The number of hydrogen-bond acceptors (Lipinski definition) is 3. The number of rotatable bonds is 4. The van der Waals surface area contributed by atoms with Crippen molar-refractivity contribution in [2.45, 2.75) is 56.7 Å². The summed E-state index contributed by atoms with van der Waals surface area (Å²) in [6, 6.07) is 5.75. The Morgan fingerprint density at radius 3 is 2.25 bits per heavy atom. The van der Waals surface area contributed by atoms with Gasteiger partial charge in [0.1, 0.15) is 0 Å². The highest BCUT2D eigenvalue weighted by atomic mass is 19.4. The molecule has 2 aromatic rings. The minimum atomic E-state index is -4.86. The van der Waals surface area contributed by atoms with Gasteiger partial charge in [-0.15, -0.1) is 0 Å². The average molecular weight is 392 g/mol. The molecule has 1 amide bonds. The Balaban J connectivity index is 2.37. The highest BCUT2D eigenvalue weighted by molar-refractivity contribution is 6.01. The van der Waals surface area contributed by atoms with E-state index in [0.717, 1.165) is 26.2 Å². The van der Waals surface area contributed by atoms with E-state index in [1.165, 1.54) is 24.5 Å². The molecule has 0 aliphatic heterocycles. The molecule has 1 atom stereocenters. The van der Waals surface area contributed by atoms with Gasteiger partial charge in [-0.05, 0) is 66.1 Å². The van der Waals surface area contributed by atoms with E-state index in [1.807, 2.05) is 0 Å². The van der Waals surface area contributed by atoms with Gasteiger partial charge in [-0.1, -0.05) is 25.3 Å². The summed E-state index contributed by atoms with van der Waals surface area (Å²) < 4.78 is 41.1. The molecule has 28 heavy (non-hydrogen) atoms. The summed E-state index contributed by atoms with van der Waals surface area (Å²) in [5, 5.41) is 10.5. The lowest BCUT2D eigenvalue weighted by atomic mass is 9.74. The summed E-state index contributed by atoms with van der Waals surface area (Å²) in [5.41, 5.74) is 3.73. The van der Waals surface area contributed by atoms with Gasteiger partial charge in [0.2, 0.25) is 5.91 Å². The molecule has 150 valence electrons. The van der Waals surface area contributed by atoms with Crippen LogP contribution in [0.15, 0.2) is 36.7 Å². The summed E-state index contributed by atoms with van der Waals surface area (Å²) in [4.78, 5) is 16.1. The fourth-order valence-corrected chi connectivity index (χ4v) is 4.05. The predicted octanol–water partition coefficient (Wildman–Crippen LogP) is 4.67. The third-order valence-electron chi connectivity index (χ3n) is 5.57. The number of primary amides is 1. The molecule has 3 rings (SSSR count). The SMILES string of the molecule is CC(O)(c1ccc(C(N)=O)c(-c2ccncc2)c1C1CCCCC1)C(F)(F)F. The molecule has 1 aliphatic carbocycles. The van der Waals surface area contributed by atoms with Gasteiger partial charge in [-0.3, -0.25) is 9.78 Å². The lowest BCUT2D eigenvalue weighted by Gasteiger charge is -2.34. The Kier molecular flexibility index (Phi) is 5.48. The van der Waals surface area contributed by atoms with Gasteiger partial charge < -0.3 is 10.8 Å². The highest BCUT2D eigenvalue weighted by Gasteiger charge is 2.53. The molecule has 1 saturated carbocycles. The third-order valence-corrected chi connectivity index (χ3v) is 5.57. The second-order valence-electron chi connectivity index (χ2n) is 7.45. The van der Waals surface area contributed by atoms with Gasteiger partial charge in [-0.25, -0.2) is 0 Å². The molecular formula is C21H23F3N2O2. The number of aromatic nitrogens is 1. The molecule has 0 saturated heterocycles. The molecule has 7 heteroatoms. The maximum Gasteiger partial charge on any atom is 0.421 e. The van der Waals surface area contributed by atoms with Crippen LogP contribution in [0.5, 0.6) is 0 Å². The molecule has 4 nitrogen and oxygen atoms in total. The van der Waals surface area contributed by atoms with Gasteiger partial charge in [0, 0.05) is 18.0 Å². The lowest BCUT2D eigenvalue weighted by Crippen LogP contribution is -2.40. The third kappa shape index (κ3) is 3.63. The molecule has 1 aromatic carbocycles. The monoisotopic (exact) mass is 392 g/mol. The van der Waals surface area contributed by atoms with Gasteiger partial charge in [0.05, 0.1) is 0 Å². The maximum atomic E-state index is 13.7.